The smallest absolute Gasteiger partial charge is 0.267 e. The van der Waals surface area contributed by atoms with Gasteiger partial charge in [0.25, 0.3) is 10.0 Å². The first kappa shape index (κ1) is 24.0. The second kappa shape index (κ2) is 8.76. The van der Waals surface area contributed by atoms with Gasteiger partial charge in [-0.15, -0.1) is 11.3 Å². The van der Waals surface area contributed by atoms with Crippen LogP contribution in [0.4, 0.5) is 10.7 Å². The average molecular weight is 516 g/mol. The van der Waals surface area contributed by atoms with E-state index in [-0.39, 0.29) is 21.9 Å². The number of Topliss-reactive ketones (excluding diaryl/α,β-unsaturated/α-hetero) is 1. The topological polar surface area (TPSA) is 102 Å². The van der Waals surface area contributed by atoms with Gasteiger partial charge in [0.2, 0.25) is 0 Å². The van der Waals surface area contributed by atoms with Crippen molar-refractivity contribution < 1.29 is 22.5 Å². The van der Waals surface area contributed by atoms with Gasteiger partial charge in [0.15, 0.2) is 16.4 Å². The summed E-state index contributed by atoms with van der Waals surface area (Å²) in [5.41, 5.74) is 3.58. The minimum absolute atomic E-state index is 0.0529. The molecular formula is C25H29N3O5S2. The molecular weight excluding hydrogens is 486 g/mol. The van der Waals surface area contributed by atoms with E-state index in [1.165, 1.54) is 0 Å². The third-order valence-electron chi connectivity index (χ3n) is 6.47. The number of aromatic nitrogens is 1. The zero-order chi connectivity index (χ0) is 25.0. The predicted octanol–water partition coefficient (Wildman–Crippen LogP) is 4.81. The summed E-state index contributed by atoms with van der Waals surface area (Å²) in [5, 5.41) is 4.83. The van der Waals surface area contributed by atoms with Crippen LogP contribution in [0.1, 0.15) is 47.0 Å². The molecule has 1 aliphatic carbocycles. The van der Waals surface area contributed by atoms with Crippen molar-refractivity contribution in [1.82, 2.24) is 5.16 Å². The van der Waals surface area contributed by atoms with Gasteiger partial charge in [-0.25, -0.2) is 8.42 Å². The van der Waals surface area contributed by atoms with E-state index in [9.17, 15) is 13.2 Å². The van der Waals surface area contributed by atoms with Crippen LogP contribution < -0.4 is 9.62 Å². The molecule has 0 saturated carbocycles. The third-order valence-corrected chi connectivity index (χ3v) is 9.43. The fourth-order valence-corrected chi connectivity index (χ4v) is 7.70. The van der Waals surface area contributed by atoms with E-state index in [1.807, 2.05) is 18.2 Å². The zero-order valence-corrected chi connectivity index (χ0v) is 21.9. The number of nitrogens with zero attached hydrogens (tertiary/aromatic N) is 2. The van der Waals surface area contributed by atoms with E-state index in [2.05, 4.69) is 28.6 Å². The van der Waals surface area contributed by atoms with Crippen LogP contribution in [0.25, 0.3) is 11.1 Å². The number of anilines is 2. The fourth-order valence-electron chi connectivity index (χ4n) is 4.99. The highest BCUT2D eigenvalue weighted by molar-refractivity contribution is 7.92. The van der Waals surface area contributed by atoms with Gasteiger partial charge < -0.3 is 14.2 Å². The lowest BCUT2D eigenvalue weighted by Crippen LogP contribution is -2.36. The first-order valence-corrected chi connectivity index (χ1v) is 13.9. The average Bonchev–Trinajstić information content (AvgIpc) is 3.33. The number of rotatable bonds is 5. The number of nitrogens with one attached hydrogen (secondary N) is 1. The Labute approximate surface area is 209 Å². The number of hydrogen-bond donors (Lipinski definition) is 1. The summed E-state index contributed by atoms with van der Waals surface area (Å²) in [5.74, 6) is 0.422. The Bertz CT molecular complexity index is 1380. The maximum Gasteiger partial charge on any atom is 0.267 e. The molecule has 1 saturated heterocycles. The number of hydrogen-bond acceptors (Lipinski definition) is 8. The Morgan fingerprint density at radius 2 is 1.89 bits per heavy atom. The van der Waals surface area contributed by atoms with E-state index in [1.54, 1.807) is 31.3 Å². The first-order valence-electron chi connectivity index (χ1n) is 11.6. The molecule has 5 rings (SSSR count). The molecule has 186 valence electrons. The Balaban J connectivity index is 1.60. The Morgan fingerprint density at radius 1 is 1.14 bits per heavy atom. The summed E-state index contributed by atoms with van der Waals surface area (Å²) < 4.78 is 39.5. The zero-order valence-electron chi connectivity index (χ0n) is 20.3. The standard InChI is InChI=1S/C25H29N3O5S2/c1-15-23(16(2)33-26-15)35(30,31)27-18-7-5-6-17(12-18)21-19-13-25(3,4)14-20(29)22(19)34-24(21)28-8-10-32-11-9-28/h5-7,12,27H,8-11,13-14H2,1-4H3. The van der Waals surface area contributed by atoms with Crippen molar-refractivity contribution in [3.8, 4) is 11.1 Å². The van der Waals surface area contributed by atoms with Crippen molar-refractivity contribution in [3.63, 3.8) is 0 Å². The van der Waals surface area contributed by atoms with Crippen LogP contribution in [0.2, 0.25) is 0 Å². The number of carbonyl (C=O) groups excluding carboxylic acids is 1. The van der Waals surface area contributed by atoms with Crippen LogP contribution in [-0.2, 0) is 21.2 Å². The number of benzene rings is 1. The molecule has 8 nitrogen and oxygen atoms in total. The van der Waals surface area contributed by atoms with Crippen LogP contribution in [0.15, 0.2) is 33.7 Å². The molecule has 3 aromatic rings. The number of sulfonamides is 1. The van der Waals surface area contributed by atoms with Crippen molar-refractivity contribution in [2.24, 2.45) is 5.41 Å². The highest BCUT2D eigenvalue weighted by Gasteiger charge is 2.37. The van der Waals surface area contributed by atoms with Gasteiger partial charge >= 0.3 is 0 Å². The Morgan fingerprint density at radius 3 is 2.57 bits per heavy atom. The summed E-state index contributed by atoms with van der Waals surface area (Å²) in [4.78, 5) is 16.2. The fraction of sp³-hybridized carbons (Fsp3) is 0.440. The molecule has 2 aromatic heterocycles. The number of ether oxygens (including phenoxy) is 1. The second-order valence-electron chi connectivity index (χ2n) is 9.97. The predicted molar refractivity (Wildman–Crippen MR) is 136 cm³/mol. The van der Waals surface area contributed by atoms with Crippen LogP contribution in [-0.4, -0.2) is 45.7 Å². The molecule has 0 atom stereocenters. The van der Waals surface area contributed by atoms with Gasteiger partial charge in [-0.1, -0.05) is 31.1 Å². The first-order chi connectivity index (χ1) is 16.6. The molecule has 1 aromatic carbocycles. The maximum atomic E-state index is 13.1. The van der Waals surface area contributed by atoms with Gasteiger partial charge in [0, 0.05) is 30.8 Å². The molecule has 35 heavy (non-hydrogen) atoms. The lowest BCUT2D eigenvalue weighted by molar-refractivity contribution is 0.0918. The maximum absolute atomic E-state index is 13.1. The van der Waals surface area contributed by atoms with Crippen LogP contribution in [0.5, 0.6) is 0 Å². The summed E-state index contributed by atoms with van der Waals surface area (Å²) >= 11 is 1.55. The Kier molecular flexibility index (Phi) is 6.01. The molecule has 1 N–H and O–H groups in total. The highest BCUT2D eigenvalue weighted by Crippen LogP contribution is 2.49. The third kappa shape index (κ3) is 4.50. The van der Waals surface area contributed by atoms with Gasteiger partial charge in [0.1, 0.15) is 5.69 Å². The SMILES string of the molecule is Cc1noc(C)c1S(=O)(=O)Nc1cccc(-c2c(N3CCOCC3)sc3c2CC(C)(C)CC3=O)c1. The van der Waals surface area contributed by atoms with Crippen molar-refractivity contribution in [1.29, 1.82) is 0 Å². The second-order valence-corrected chi connectivity index (χ2v) is 12.6. The van der Waals surface area contributed by atoms with Gasteiger partial charge in [0.05, 0.1) is 23.1 Å². The van der Waals surface area contributed by atoms with E-state index < -0.39 is 10.0 Å². The van der Waals surface area contributed by atoms with Crippen molar-refractivity contribution in [2.45, 2.75) is 45.4 Å². The summed E-state index contributed by atoms with van der Waals surface area (Å²) in [6, 6.07) is 7.38. The minimum Gasteiger partial charge on any atom is -0.378 e. The van der Waals surface area contributed by atoms with Gasteiger partial charge in [-0.2, -0.15) is 0 Å². The molecule has 3 heterocycles. The van der Waals surface area contributed by atoms with E-state index in [4.69, 9.17) is 9.26 Å². The summed E-state index contributed by atoms with van der Waals surface area (Å²) in [7, 11) is -3.88. The molecule has 0 spiro atoms. The van der Waals surface area contributed by atoms with Gasteiger partial charge in [-0.05, 0) is 48.9 Å². The van der Waals surface area contributed by atoms with Crippen LogP contribution >= 0.6 is 11.3 Å². The number of ketones is 1. The van der Waals surface area contributed by atoms with Crippen LogP contribution in [0.3, 0.4) is 0 Å². The number of aryl methyl sites for hydroxylation is 2. The highest BCUT2D eigenvalue weighted by atomic mass is 32.2. The van der Waals surface area contributed by atoms with Crippen molar-refractivity contribution in [3.05, 3.63) is 46.2 Å². The van der Waals surface area contributed by atoms with Gasteiger partial charge in [-0.3, -0.25) is 9.52 Å². The lowest BCUT2D eigenvalue weighted by Gasteiger charge is -2.30. The molecule has 1 aliphatic heterocycles. The normalized spacial score (nSPS) is 17.9. The van der Waals surface area contributed by atoms with E-state index in [0.717, 1.165) is 46.1 Å². The van der Waals surface area contributed by atoms with Crippen LogP contribution in [0, 0.1) is 19.3 Å². The molecule has 0 radical (unpaired) electrons. The quantitative estimate of drug-likeness (QED) is 0.520. The lowest BCUT2D eigenvalue weighted by atomic mass is 9.75. The number of morpholine rings is 1. The minimum atomic E-state index is -3.88. The molecule has 0 amide bonds. The monoisotopic (exact) mass is 515 g/mol. The van der Waals surface area contributed by atoms with Crippen molar-refractivity contribution in [2.75, 3.05) is 35.9 Å². The van der Waals surface area contributed by atoms with E-state index in [0.29, 0.717) is 31.0 Å². The molecule has 2 aliphatic rings. The van der Waals surface area contributed by atoms with E-state index >= 15 is 0 Å². The molecule has 1 fully saturated rings. The summed E-state index contributed by atoms with van der Waals surface area (Å²) in [6.45, 7) is 10.2. The Hall–Kier alpha value is -2.69. The molecule has 0 unspecified atom stereocenters. The number of carbonyl (C=O) groups is 1. The number of fused-ring (bicyclic) bond motifs is 1. The van der Waals surface area contributed by atoms with Crippen molar-refractivity contribution >= 4 is 37.8 Å². The summed E-state index contributed by atoms with van der Waals surface area (Å²) in [6.07, 6.45) is 1.32. The molecule has 10 heteroatoms. The number of thiophene rings is 1. The largest absolute Gasteiger partial charge is 0.378 e. The molecule has 0 bridgehead atoms.